The van der Waals surface area contributed by atoms with Crippen LogP contribution in [0.2, 0.25) is 0 Å². The Kier molecular flexibility index (Phi) is 2.99. The van der Waals surface area contributed by atoms with Crippen molar-refractivity contribution < 1.29 is 8.42 Å². The zero-order valence-electron chi connectivity index (χ0n) is 8.46. The molecule has 1 atom stereocenters. The fraction of sp³-hybridized carbons (Fsp3) is 0.444. The molecule has 1 unspecified atom stereocenters. The molecule has 1 saturated heterocycles. The topological polar surface area (TPSA) is 87.2 Å². The van der Waals surface area contributed by atoms with E-state index in [2.05, 4.69) is 0 Å². The number of thiophene rings is 1. The lowest BCUT2D eigenvalue weighted by Gasteiger charge is -2.13. The molecular weight excluding hydrogens is 246 g/mol. The van der Waals surface area contributed by atoms with Gasteiger partial charge in [-0.15, -0.1) is 11.3 Å². The molecule has 7 heteroatoms. The number of rotatable bonds is 2. The summed E-state index contributed by atoms with van der Waals surface area (Å²) >= 11 is 0.996. The van der Waals surface area contributed by atoms with Crippen molar-refractivity contribution in [3.05, 3.63) is 17.0 Å². The van der Waals surface area contributed by atoms with E-state index >= 15 is 0 Å². The Morgan fingerprint density at radius 2 is 2.31 bits per heavy atom. The molecule has 16 heavy (non-hydrogen) atoms. The predicted molar refractivity (Wildman–Crippen MR) is 60.4 cm³/mol. The number of nitrogens with zero attached hydrogens (tertiary/aromatic N) is 2. The van der Waals surface area contributed by atoms with Gasteiger partial charge in [-0.2, -0.15) is 9.57 Å². The molecule has 0 spiro atoms. The van der Waals surface area contributed by atoms with Crippen LogP contribution in [-0.2, 0) is 10.0 Å². The zero-order chi connectivity index (χ0) is 11.8. The van der Waals surface area contributed by atoms with Crippen molar-refractivity contribution in [2.45, 2.75) is 16.7 Å². The van der Waals surface area contributed by atoms with E-state index in [0.717, 1.165) is 11.3 Å². The number of sulfonamides is 1. The minimum atomic E-state index is -3.44. The lowest BCUT2D eigenvalue weighted by atomic mass is 10.3. The van der Waals surface area contributed by atoms with Crippen LogP contribution in [0, 0.1) is 11.3 Å². The second kappa shape index (κ2) is 4.14. The molecule has 0 aromatic carbocycles. The third kappa shape index (κ3) is 1.97. The van der Waals surface area contributed by atoms with Gasteiger partial charge in [0.15, 0.2) is 0 Å². The molecule has 0 amide bonds. The van der Waals surface area contributed by atoms with E-state index < -0.39 is 10.0 Å². The molecule has 0 aliphatic carbocycles. The van der Waals surface area contributed by atoms with E-state index in [-0.39, 0.29) is 10.3 Å². The van der Waals surface area contributed by atoms with Gasteiger partial charge in [0.25, 0.3) is 10.0 Å². The molecule has 0 bridgehead atoms. The van der Waals surface area contributed by atoms with Gasteiger partial charge in [-0.05, 0) is 18.6 Å². The minimum Gasteiger partial charge on any atom is -0.326 e. The number of hydrogen-bond acceptors (Lipinski definition) is 5. The first-order valence-corrected chi connectivity index (χ1v) is 7.05. The molecule has 1 aromatic rings. The maximum Gasteiger partial charge on any atom is 0.252 e. The summed E-state index contributed by atoms with van der Waals surface area (Å²) in [7, 11) is -3.44. The van der Waals surface area contributed by atoms with Crippen LogP contribution >= 0.6 is 11.3 Å². The average Bonchev–Trinajstić information content (AvgIpc) is 2.85. The summed E-state index contributed by atoms with van der Waals surface area (Å²) in [5, 5.41) is 8.66. The molecule has 1 fully saturated rings. The van der Waals surface area contributed by atoms with Crippen molar-refractivity contribution in [3.8, 4) is 6.07 Å². The molecule has 1 aromatic heterocycles. The molecule has 1 aliphatic rings. The SMILES string of the molecule is N#Cc1ccc(S(=O)(=O)N2CCC(N)C2)s1. The lowest BCUT2D eigenvalue weighted by Crippen LogP contribution is -2.31. The van der Waals surface area contributed by atoms with Gasteiger partial charge in [-0.3, -0.25) is 0 Å². The number of nitriles is 1. The second-order valence-electron chi connectivity index (χ2n) is 3.64. The van der Waals surface area contributed by atoms with Crippen LogP contribution < -0.4 is 5.73 Å². The monoisotopic (exact) mass is 257 g/mol. The summed E-state index contributed by atoms with van der Waals surface area (Å²) in [5.74, 6) is 0. The summed E-state index contributed by atoms with van der Waals surface area (Å²) in [4.78, 5) is 0.405. The predicted octanol–water partition coefficient (Wildman–Crippen LogP) is 0.341. The highest BCUT2D eigenvalue weighted by molar-refractivity contribution is 7.91. The Morgan fingerprint density at radius 3 is 2.81 bits per heavy atom. The zero-order valence-corrected chi connectivity index (χ0v) is 10.1. The summed E-state index contributed by atoms with van der Waals surface area (Å²) in [6.07, 6.45) is 0.690. The van der Waals surface area contributed by atoms with E-state index in [1.165, 1.54) is 16.4 Å². The second-order valence-corrected chi connectivity index (χ2v) is 6.89. The van der Waals surface area contributed by atoms with E-state index in [9.17, 15) is 8.42 Å². The van der Waals surface area contributed by atoms with Gasteiger partial charge in [0.1, 0.15) is 15.2 Å². The van der Waals surface area contributed by atoms with Crippen molar-refractivity contribution in [3.63, 3.8) is 0 Å². The molecule has 0 radical (unpaired) electrons. The highest BCUT2D eigenvalue weighted by atomic mass is 32.2. The Balaban J connectivity index is 2.29. The normalized spacial score (nSPS) is 22.1. The van der Waals surface area contributed by atoms with Crippen molar-refractivity contribution in [1.82, 2.24) is 4.31 Å². The van der Waals surface area contributed by atoms with Crippen LogP contribution in [-0.4, -0.2) is 31.9 Å². The van der Waals surface area contributed by atoms with Crippen molar-refractivity contribution in [1.29, 1.82) is 5.26 Å². The van der Waals surface area contributed by atoms with Crippen LogP contribution in [0.5, 0.6) is 0 Å². The highest BCUT2D eigenvalue weighted by Gasteiger charge is 2.31. The maximum atomic E-state index is 12.1. The first-order chi connectivity index (χ1) is 7.54. The van der Waals surface area contributed by atoms with Crippen molar-refractivity contribution in [2.24, 2.45) is 5.73 Å². The Hall–Kier alpha value is -0.940. The summed E-state index contributed by atoms with van der Waals surface area (Å²) in [5.41, 5.74) is 5.68. The number of nitrogens with two attached hydrogens (primary N) is 1. The fourth-order valence-corrected chi connectivity index (χ4v) is 4.39. The third-order valence-electron chi connectivity index (χ3n) is 2.47. The van der Waals surface area contributed by atoms with Crippen molar-refractivity contribution in [2.75, 3.05) is 13.1 Å². The molecular formula is C9H11N3O2S2. The average molecular weight is 257 g/mol. The summed E-state index contributed by atoms with van der Waals surface area (Å²) < 4.78 is 25.8. The smallest absolute Gasteiger partial charge is 0.252 e. The molecule has 2 N–H and O–H groups in total. The third-order valence-corrected chi connectivity index (χ3v) is 5.80. The molecule has 0 saturated carbocycles. The van der Waals surface area contributed by atoms with Gasteiger partial charge in [-0.1, -0.05) is 0 Å². The molecule has 5 nitrogen and oxygen atoms in total. The Bertz CT molecular complexity index is 529. The minimum absolute atomic E-state index is 0.0785. The van der Waals surface area contributed by atoms with Gasteiger partial charge in [0.2, 0.25) is 0 Å². The van der Waals surface area contributed by atoms with Crippen molar-refractivity contribution >= 4 is 21.4 Å². The van der Waals surface area contributed by atoms with E-state index in [4.69, 9.17) is 11.0 Å². The molecule has 86 valence electrons. The first kappa shape index (κ1) is 11.5. The Labute approximate surface area is 98.1 Å². The molecule has 2 rings (SSSR count). The molecule has 1 aliphatic heterocycles. The first-order valence-electron chi connectivity index (χ1n) is 4.79. The fourth-order valence-electron chi connectivity index (χ4n) is 1.62. The van der Waals surface area contributed by atoms with Gasteiger partial charge in [0, 0.05) is 19.1 Å². The van der Waals surface area contributed by atoms with E-state index in [1.54, 1.807) is 0 Å². The quantitative estimate of drug-likeness (QED) is 0.827. The van der Waals surface area contributed by atoms with Crippen LogP contribution in [0.15, 0.2) is 16.3 Å². The van der Waals surface area contributed by atoms with E-state index in [0.29, 0.717) is 24.4 Å². The van der Waals surface area contributed by atoms with Gasteiger partial charge in [-0.25, -0.2) is 8.42 Å². The van der Waals surface area contributed by atoms with Gasteiger partial charge >= 0.3 is 0 Å². The van der Waals surface area contributed by atoms with Crippen LogP contribution in [0.1, 0.15) is 11.3 Å². The Morgan fingerprint density at radius 1 is 1.56 bits per heavy atom. The van der Waals surface area contributed by atoms with Crippen LogP contribution in [0.3, 0.4) is 0 Å². The largest absolute Gasteiger partial charge is 0.326 e. The highest BCUT2D eigenvalue weighted by Crippen LogP contribution is 2.26. The van der Waals surface area contributed by atoms with Gasteiger partial charge < -0.3 is 5.73 Å². The summed E-state index contributed by atoms with van der Waals surface area (Å²) in [6, 6.07) is 4.85. The van der Waals surface area contributed by atoms with Crippen LogP contribution in [0.25, 0.3) is 0 Å². The summed E-state index contributed by atoms with van der Waals surface area (Å²) in [6.45, 7) is 0.825. The number of hydrogen-bond donors (Lipinski definition) is 1. The van der Waals surface area contributed by atoms with Gasteiger partial charge in [0.05, 0.1) is 0 Å². The lowest BCUT2D eigenvalue weighted by molar-refractivity contribution is 0.474. The standard InChI is InChI=1S/C9H11N3O2S2/c10-5-8-1-2-9(15-8)16(13,14)12-4-3-7(11)6-12/h1-2,7H,3-4,6,11H2. The van der Waals surface area contributed by atoms with E-state index in [1.807, 2.05) is 6.07 Å². The van der Waals surface area contributed by atoms with Crippen LogP contribution in [0.4, 0.5) is 0 Å². The maximum absolute atomic E-state index is 12.1. The molecule has 2 heterocycles.